The third-order valence-corrected chi connectivity index (χ3v) is 4.78. The van der Waals surface area contributed by atoms with Crippen LogP contribution in [-0.4, -0.2) is 57.6 Å². The summed E-state index contributed by atoms with van der Waals surface area (Å²) in [6.07, 6.45) is 4.52. The van der Waals surface area contributed by atoms with Gasteiger partial charge in [0.2, 0.25) is 0 Å². The van der Waals surface area contributed by atoms with Crippen LogP contribution in [0.5, 0.6) is 0 Å². The van der Waals surface area contributed by atoms with E-state index in [1.165, 1.54) is 0 Å². The number of hydrogen-bond acceptors (Lipinski definition) is 6. The van der Waals surface area contributed by atoms with E-state index in [9.17, 15) is 0 Å². The minimum absolute atomic E-state index is 0.113. The van der Waals surface area contributed by atoms with Gasteiger partial charge in [0.15, 0.2) is 0 Å². The molecule has 0 radical (unpaired) electrons. The zero-order chi connectivity index (χ0) is 15.9. The molecule has 2 aromatic rings. The fourth-order valence-corrected chi connectivity index (χ4v) is 3.67. The van der Waals surface area contributed by atoms with Crippen molar-refractivity contribution in [3.63, 3.8) is 0 Å². The SMILES string of the molecule is CCc1cc(N2CC(C)OC3(CCOCC3)C2)n2ncnc2n1. The number of fused-ring (bicyclic) bond motifs is 1. The molecule has 2 aromatic heterocycles. The third kappa shape index (κ3) is 2.68. The van der Waals surface area contributed by atoms with Crippen molar-refractivity contribution in [2.75, 3.05) is 31.2 Å². The first-order valence-corrected chi connectivity index (χ1v) is 8.39. The molecule has 0 amide bonds. The van der Waals surface area contributed by atoms with E-state index in [1.807, 2.05) is 4.52 Å². The molecule has 0 aromatic carbocycles. The van der Waals surface area contributed by atoms with E-state index in [1.54, 1.807) is 6.33 Å². The van der Waals surface area contributed by atoms with Crippen molar-refractivity contribution < 1.29 is 9.47 Å². The van der Waals surface area contributed by atoms with E-state index in [-0.39, 0.29) is 11.7 Å². The summed E-state index contributed by atoms with van der Waals surface area (Å²) < 4.78 is 13.7. The Hall–Kier alpha value is -1.73. The van der Waals surface area contributed by atoms with Crippen LogP contribution in [0.4, 0.5) is 5.82 Å². The molecule has 4 rings (SSSR count). The lowest BCUT2D eigenvalue weighted by atomic mass is 9.91. The van der Waals surface area contributed by atoms with E-state index >= 15 is 0 Å². The number of nitrogens with zero attached hydrogens (tertiary/aromatic N) is 5. The summed E-state index contributed by atoms with van der Waals surface area (Å²) >= 11 is 0. The van der Waals surface area contributed by atoms with Crippen LogP contribution in [0.1, 0.15) is 32.4 Å². The van der Waals surface area contributed by atoms with Gasteiger partial charge in [0, 0.05) is 50.9 Å². The average Bonchev–Trinajstić information content (AvgIpc) is 3.02. The first-order valence-electron chi connectivity index (χ1n) is 8.39. The minimum Gasteiger partial charge on any atom is -0.381 e. The van der Waals surface area contributed by atoms with Gasteiger partial charge in [-0.15, -0.1) is 0 Å². The molecule has 0 N–H and O–H groups in total. The highest BCUT2D eigenvalue weighted by Gasteiger charge is 2.41. The van der Waals surface area contributed by atoms with E-state index in [4.69, 9.17) is 9.47 Å². The zero-order valence-corrected chi connectivity index (χ0v) is 13.7. The first kappa shape index (κ1) is 14.8. The molecule has 7 heteroatoms. The van der Waals surface area contributed by atoms with Gasteiger partial charge in [-0.2, -0.15) is 14.6 Å². The summed E-state index contributed by atoms with van der Waals surface area (Å²) in [5.41, 5.74) is 0.930. The van der Waals surface area contributed by atoms with Crippen molar-refractivity contribution in [2.24, 2.45) is 0 Å². The summed E-state index contributed by atoms with van der Waals surface area (Å²) in [5.74, 6) is 1.73. The lowest BCUT2D eigenvalue weighted by Gasteiger charge is -2.48. The molecule has 7 nitrogen and oxygen atoms in total. The van der Waals surface area contributed by atoms with Crippen molar-refractivity contribution >= 4 is 11.6 Å². The molecule has 23 heavy (non-hydrogen) atoms. The van der Waals surface area contributed by atoms with Gasteiger partial charge in [-0.1, -0.05) is 6.92 Å². The van der Waals surface area contributed by atoms with Crippen molar-refractivity contribution in [1.29, 1.82) is 0 Å². The summed E-state index contributed by atoms with van der Waals surface area (Å²) in [6, 6.07) is 2.13. The molecule has 124 valence electrons. The van der Waals surface area contributed by atoms with Gasteiger partial charge in [0.25, 0.3) is 5.78 Å². The number of anilines is 1. The van der Waals surface area contributed by atoms with Crippen LogP contribution in [0.3, 0.4) is 0 Å². The number of morpholine rings is 1. The molecule has 0 saturated carbocycles. The Labute approximate surface area is 135 Å². The standard InChI is InChI=1S/C16H23N5O2/c1-3-13-8-14(21-15(19-13)17-11-18-21)20-9-12(2)23-16(10-20)4-6-22-7-5-16/h8,11-12H,3-7,9-10H2,1-2H3. The van der Waals surface area contributed by atoms with Gasteiger partial charge in [-0.3, -0.25) is 0 Å². The van der Waals surface area contributed by atoms with Crippen LogP contribution >= 0.6 is 0 Å². The quantitative estimate of drug-likeness (QED) is 0.835. The number of hydrogen-bond donors (Lipinski definition) is 0. The van der Waals surface area contributed by atoms with Crippen molar-refractivity contribution in [3.05, 3.63) is 18.1 Å². The highest BCUT2D eigenvalue weighted by atomic mass is 16.5. The Bertz CT molecular complexity index is 695. The predicted octanol–water partition coefficient (Wildman–Crippen LogP) is 1.46. The van der Waals surface area contributed by atoms with Gasteiger partial charge < -0.3 is 14.4 Å². The average molecular weight is 317 g/mol. The Morgan fingerprint density at radius 1 is 1.35 bits per heavy atom. The zero-order valence-electron chi connectivity index (χ0n) is 13.7. The van der Waals surface area contributed by atoms with E-state index in [0.29, 0.717) is 5.78 Å². The monoisotopic (exact) mass is 317 g/mol. The minimum atomic E-state index is -0.113. The number of rotatable bonds is 2. The molecule has 1 spiro atoms. The summed E-state index contributed by atoms with van der Waals surface area (Å²) in [6.45, 7) is 7.52. The Kier molecular flexibility index (Phi) is 3.69. The fourth-order valence-electron chi connectivity index (χ4n) is 3.67. The maximum absolute atomic E-state index is 6.33. The third-order valence-electron chi connectivity index (χ3n) is 4.78. The van der Waals surface area contributed by atoms with Crippen LogP contribution in [0.25, 0.3) is 5.78 Å². The largest absolute Gasteiger partial charge is 0.381 e. The number of aromatic nitrogens is 4. The van der Waals surface area contributed by atoms with Crippen LogP contribution in [0.15, 0.2) is 12.4 Å². The van der Waals surface area contributed by atoms with Crippen LogP contribution in [0.2, 0.25) is 0 Å². The Morgan fingerprint density at radius 3 is 2.96 bits per heavy atom. The van der Waals surface area contributed by atoms with Crippen molar-refractivity contribution in [2.45, 2.75) is 44.8 Å². The van der Waals surface area contributed by atoms with Gasteiger partial charge in [0.05, 0.1) is 11.7 Å². The molecule has 1 atom stereocenters. The van der Waals surface area contributed by atoms with Crippen LogP contribution < -0.4 is 4.90 Å². The number of aryl methyl sites for hydroxylation is 1. The smallest absolute Gasteiger partial charge is 0.254 e. The molecule has 2 aliphatic heterocycles. The molecule has 0 aliphatic carbocycles. The maximum Gasteiger partial charge on any atom is 0.254 e. The second-order valence-electron chi connectivity index (χ2n) is 6.54. The second-order valence-corrected chi connectivity index (χ2v) is 6.54. The van der Waals surface area contributed by atoms with Crippen LogP contribution in [-0.2, 0) is 15.9 Å². The van der Waals surface area contributed by atoms with Crippen molar-refractivity contribution in [3.8, 4) is 0 Å². The lowest BCUT2D eigenvalue weighted by molar-refractivity contribution is -0.145. The molecule has 0 bridgehead atoms. The van der Waals surface area contributed by atoms with Gasteiger partial charge >= 0.3 is 0 Å². The molecule has 2 aliphatic rings. The fraction of sp³-hybridized carbons (Fsp3) is 0.688. The summed E-state index contributed by atoms with van der Waals surface area (Å²) in [4.78, 5) is 11.2. The lowest BCUT2D eigenvalue weighted by Crippen LogP contribution is -2.57. The molecular formula is C16H23N5O2. The summed E-state index contributed by atoms with van der Waals surface area (Å²) in [5, 5.41) is 4.36. The molecule has 2 fully saturated rings. The van der Waals surface area contributed by atoms with Crippen molar-refractivity contribution in [1.82, 2.24) is 19.6 Å². The second kappa shape index (κ2) is 5.72. The maximum atomic E-state index is 6.33. The van der Waals surface area contributed by atoms with Gasteiger partial charge in [0.1, 0.15) is 12.1 Å². The van der Waals surface area contributed by atoms with E-state index in [0.717, 1.165) is 57.1 Å². The van der Waals surface area contributed by atoms with E-state index in [2.05, 4.69) is 39.9 Å². The normalized spacial score (nSPS) is 24.4. The molecular weight excluding hydrogens is 294 g/mol. The predicted molar refractivity (Wildman–Crippen MR) is 85.7 cm³/mol. The highest BCUT2D eigenvalue weighted by Crippen LogP contribution is 2.33. The van der Waals surface area contributed by atoms with E-state index < -0.39 is 0 Å². The Morgan fingerprint density at radius 2 is 2.17 bits per heavy atom. The topological polar surface area (TPSA) is 64.8 Å². The van der Waals surface area contributed by atoms with Crippen LogP contribution in [0, 0.1) is 0 Å². The van der Waals surface area contributed by atoms with Gasteiger partial charge in [-0.25, -0.2) is 4.98 Å². The van der Waals surface area contributed by atoms with Gasteiger partial charge in [-0.05, 0) is 13.3 Å². The molecule has 1 unspecified atom stereocenters. The highest BCUT2D eigenvalue weighted by molar-refractivity contribution is 5.48. The molecule has 4 heterocycles. The first-order chi connectivity index (χ1) is 11.2. The Balaban J connectivity index is 1.72. The summed E-state index contributed by atoms with van der Waals surface area (Å²) in [7, 11) is 0. The molecule has 2 saturated heterocycles. The number of ether oxygens (including phenoxy) is 2.